The molecule has 0 aromatic heterocycles. The van der Waals surface area contributed by atoms with Crippen LogP contribution >= 0.6 is 7.82 Å². The van der Waals surface area contributed by atoms with Crippen LogP contribution in [0.25, 0.3) is 0 Å². The Morgan fingerprint density at radius 2 is 1.18 bits per heavy atom. The van der Waals surface area contributed by atoms with Gasteiger partial charge in [-0.3, -0.25) is 28.2 Å². The van der Waals surface area contributed by atoms with Crippen LogP contribution in [0.15, 0.2) is 72.9 Å². The number of allylic oxidation sites excluding steroid dienone is 12. The van der Waals surface area contributed by atoms with Gasteiger partial charge in [-0.1, -0.05) is 113 Å². The van der Waals surface area contributed by atoms with Crippen LogP contribution in [0, 0.1) is 0 Å². The van der Waals surface area contributed by atoms with E-state index in [4.69, 9.17) is 24.8 Å². The van der Waals surface area contributed by atoms with Crippen LogP contribution < -0.4 is 5.73 Å². The summed E-state index contributed by atoms with van der Waals surface area (Å²) in [5.41, 5.74) is 5.31. The maximum absolute atomic E-state index is 12.6. The second-order valence-corrected chi connectivity index (χ2v) is 14.5. The van der Waals surface area contributed by atoms with Crippen molar-refractivity contribution in [1.82, 2.24) is 0 Å². The van der Waals surface area contributed by atoms with E-state index in [-0.39, 0.29) is 18.6 Å². The van der Waals surface area contributed by atoms with Gasteiger partial charge in [-0.05, 0) is 76.7 Å². The maximum Gasteiger partial charge on any atom is 0.472 e. The van der Waals surface area contributed by atoms with E-state index in [9.17, 15) is 28.6 Å². The quantitative estimate of drug-likeness (QED) is 0.0136. The monoisotopic (exact) mass is 793 g/mol. The number of carboxylic acids is 1. The van der Waals surface area contributed by atoms with Crippen LogP contribution in [0.4, 0.5) is 0 Å². The van der Waals surface area contributed by atoms with Gasteiger partial charge in [0.15, 0.2) is 11.9 Å². The normalized spacial score (nSPS) is 14.5. The molecule has 0 aromatic rings. The van der Waals surface area contributed by atoms with Crippen LogP contribution in [-0.4, -0.2) is 65.7 Å². The van der Waals surface area contributed by atoms with Crippen LogP contribution in [0.3, 0.4) is 0 Å². The van der Waals surface area contributed by atoms with Gasteiger partial charge in [0.05, 0.1) is 13.2 Å². The van der Waals surface area contributed by atoms with Crippen molar-refractivity contribution in [2.45, 2.75) is 148 Å². The van der Waals surface area contributed by atoms with Crippen molar-refractivity contribution in [3.8, 4) is 0 Å². The summed E-state index contributed by atoms with van der Waals surface area (Å²) >= 11 is 0. The standard InChI is InChI=1S/C42H68NO11P/c1-3-5-7-9-11-12-13-14-15-16-17-18-20-24-29-33-41(46)54-38(35-52-55(49,50)53-36-39(43)42(47)48)34-51-40(45)32-28-25-21-23-27-31-37(44)30-26-22-19-10-8-6-4-2/h5,7,11-12,14-15,17-19,22,26,30,38-39H,3-4,6,8-10,13,16,20-21,23-25,27-29,31-36,43H2,1-2H3,(H,47,48)(H,49,50)/b7-5-,12-11-,15-14-,18-17-,22-19-,30-26+/t38-,39+/m1/s1. The first-order valence-electron chi connectivity index (χ1n) is 19.9. The molecule has 0 amide bonds. The predicted molar refractivity (Wildman–Crippen MR) is 217 cm³/mol. The zero-order chi connectivity index (χ0) is 40.8. The van der Waals surface area contributed by atoms with Crippen molar-refractivity contribution in [3.63, 3.8) is 0 Å². The summed E-state index contributed by atoms with van der Waals surface area (Å²) in [4.78, 5) is 57.8. The average molecular weight is 794 g/mol. The third-order valence-electron chi connectivity index (χ3n) is 7.91. The summed E-state index contributed by atoms with van der Waals surface area (Å²) in [6.45, 7) is 2.44. The van der Waals surface area contributed by atoms with Crippen molar-refractivity contribution in [2.24, 2.45) is 5.73 Å². The SMILES string of the molecule is CC/C=C\C/C=C\C/C=C\C/C=C\CCCCC(=O)O[C@H](COC(=O)CCCCCCCC(=O)/C=C/C=C\CCCCC)COP(=O)(O)OC[C@H](N)C(=O)O. The lowest BCUT2D eigenvalue weighted by molar-refractivity contribution is -0.161. The Labute approximate surface area is 329 Å². The summed E-state index contributed by atoms with van der Waals surface area (Å²) in [6.07, 6.45) is 38.0. The number of nitrogens with two attached hydrogens (primary N) is 1. The number of esters is 2. The van der Waals surface area contributed by atoms with Gasteiger partial charge in [-0.2, -0.15) is 0 Å². The first-order valence-corrected chi connectivity index (χ1v) is 21.4. The van der Waals surface area contributed by atoms with E-state index in [0.717, 1.165) is 77.0 Å². The fourth-order valence-electron chi connectivity index (χ4n) is 4.74. The molecule has 0 fully saturated rings. The highest BCUT2D eigenvalue weighted by Crippen LogP contribution is 2.43. The minimum Gasteiger partial charge on any atom is -0.480 e. The molecule has 0 saturated heterocycles. The van der Waals surface area contributed by atoms with Gasteiger partial charge in [0, 0.05) is 19.3 Å². The highest BCUT2D eigenvalue weighted by Gasteiger charge is 2.28. The Morgan fingerprint density at radius 3 is 1.84 bits per heavy atom. The molecule has 0 radical (unpaired) electrons. The number of phosphoric acid groups is 1. The van der Waals surface area contributed by atoms with Gasteiger partial charge in [-0.25, -0.2) is 4.57 Å². The molecule has 0 aromatic carbocycles. The molecule has 0 heterocycles. The lowest BCUT2D eigenvalue weighted by Gasteiger charge is -2.20. The lowest BCUT2D eigenvalue weighted by atomic mass is 10.1. The molecule has 0 aliphatic rings. The Hall–Kier alpha value is -3.41. The van der Waals surface area contributed by atoms with Crippen molar-refractivity contribution in [1.29, 1.82) is 0 Å². The lowest BCUT2D eigenvalue weighted by Crippen LogP contribution is -2.34. The molecule has 0 spiro atoms. The molecule has 0 aliphatic heterocycles. The molecule has 4 N–H and O–H groups in total. The first kappa shape index (κ1) is 51.6. The highest BCUT2D eigenvalue weighted by molar-refractivity contribution is 7.47. The molecule has 0 rings (SSSR count). The number of carboxylic acid groups (broad SMARTS) is 1. The number of hydrogen-bond acceptors (Lipinski definition) is 10. The summed E-state index contributed by atoms with van der Waals surface area (Å²) in [6, 6.07) is -1.55. The fraction of sp³-hybridized carbons (Fsp3) is 0.619. The van der Waals surface area contributed by atoms with Gasteiger partial charge >= 0.3 is 25.7 Å². The van der Waals surface area contributed by atoms with E-state index >= 15 is 0 Å². The Kier molecular flexibility index (Phi) is 34.0. The second kappa shape index (κ2) is 36.2. The van der Waals surface area contributed by atoms with Crippen molar-refractivity contribution >= 4 is 31.5 Å². The number of unbranched alkanes of at least 4 members (excludes halogenated alkanes) is 9. The predicted octanol–water partition coefficient (Wildman–Crippen LogP) is 9.34. The summed E-state index contributed by atoms with van der Waals surface area (Å²) in [5.74, 6) is -2.46. The van der Waals surface area contributed by atoms with Crippen molar-refractivity contribution in [2.75, 3.05) is 19.8 Å². The molecular formula is C42H68NO11P. The maximum atomic E-state index is 12.6. The van der Waals surface area contributed by atoms with E-state index in [1.165, 1.54) is 12.8 Å². The van der Waals surface area contributed by atoms with Crippen molar-refractivity contribution in [3.05, 3.63) is 72.9 Å². The average Bonchev–Trinajstić information content (AvgIpc) is 3.15. The second-order valence-electron chi connectivity index (χ2n) is 13.1. The molecule has 0 saturated carbocycles. The number of ketones is 1. The molecule has 1 unspecified atom stereocenters. The van der Waals surface area contributed by atoms with E-state index in [1.807, 2.05) is 6.08 Å². The van der Waals surface area contributed by atoms with E-state index in [2.05, 4.69) is 73.1 Å². The smallest absolute Gasteiger partial charge is 0.472 e. The van der Waals surface area contributed by atoms with Crippen LogP contribution in [0.5, 0.6) is 0 Å². The van der Waals surface area contributed by atoms with E-state index < -0.39 is 57.7 Å². The molecule has 312 valence electrons. The van der Waals surface area contributed by atoms with Crippen molar-refractivity contribution < 1.29 is 52.3 Å². The topological polar surface area (TPSA) is 189 Å². The molecule has 55 heavy (non-hydrogen) atoms. The van der Waals surface area contributed by atoms with Gasteiger partial charge in [-0.15, -0.1) is 0 Å². The molecule has 0 aliphatic carbocycles. The Bertz CT molecular complexity index is 1270. The van der Waals surface area contributed by atoms with Gasteiger partial charge in [0.2, 0.25) is 0 Å². The Balaban J connectivity index is 4.59. The molecular weight excluding hydrogens is 725 g/mol. The summed E-state index contributed by atoms with van der Waals surface area (Å²) in [7, 11) is -4.76. The summed E-state index contributed by atoms with van der Waals surface area (Å²) in [5, 5.41) is 8.87. The zero-order valence-electron chi connectivity index (χ0n) is 33.2. The number of ether oxygens (including phenoxy) is 2. The first-order chi connectivity index (χ1) is 26.5. The fourth-order valence-corrected chi connectivity index (χ4v) is 5.52. The molecule has 12 nitrogen and oxygen atoms in total. The number of phosphoric ester groups is 1. The number of hydrogen-bond donors (Lipinski definition) is 3. The number of aliphatic carboxylic acids is 1. The third-order valence-corrected chi connectivity index (χ3v) is 8.87. The minimum atomic E-state index is -4.76. The molecule has 0 bridgehead atoms. The van der Waals surface area contributed by atoms with Gasteiger partial charge in [0.1, 0.15) is 12.6 Å². The minimum absolute atomic E-state index is 0.0801. The number of rotatable bonds is 36. The Morgan fingerprint density at radius 1 is 0.636 bits per heavy atom. The van der Waals surface area contributed by atoms with E-state index in [0.29, 0.717) is 19.3 Å². The van der Waals surface area contributed by atoms with E-state index in [1.54, 1.807) is 12.2 Å². The van der Waals surface area contributed by atoms with Gasteiger partial charge in [0.25, 0.3) is 0 Å². The number of carbonyl (C=O) groups is 4. The van der Waals surface area contributed by atoms with Crippen LogP contribution in [0.2, 0.25) is 0 Å². The zero-order valence-corrected chi connectivity index (χ0v) is 34.1. The van der Waals surface area contributed by atoms with Gasteiger partial charge < -0.3 is 25.2 Å². The molecule has 13 heteroatoms. The summed E-state index contributed by atoms with van der Waals surface area (Å²) < 4.78 is 32.5. The van der Waals surface area contributed by atoms with Crippen LogP contribution in [0.1, 0.15) is 136 Å². The van der Waals surface area contributed by atoms with Crippen LogP contribution in [-0.2, 0) is 42.3 Å². The largest absolute Gasteiger partial charge is 0.480 e. The third kappa shape index (κ3) is 36.0. The highest BCUT2D eigenvalue weighted by atomic mass is 31.2. The number of carbonyl (C=O) groups excluding carboxylic acids is 3. The molecule has 3 atom stereocenters.